The van der Waals surface area contributed by atoms with E-state index in [2.05, 4.69) is 11.9 Å². The number of amides is 1. The molecule has 1 amide bonds. The van der Waals surface area contributed by atoms with Crippen LogP contribution in [0.3, 0.4) is 0 Å². The predicted octanol–water partition coefficient (Wildman–Crippen LogP) is 3.60. The second-order valence-electron chi connectivity index (χ2n) is 5.20. The molecule has 0 spiro atoms. The van der Waals surface area contributed by atoms with Crippen LogP contribution in [0.1, 0.15) is 49.7 Å². The Kier molecular flexibility index (Phi) is 3.69. The Hall–Kier alpha value is -1.71. The number of benzene rings is 1. The largest absolute Gasteiger partial charge is 0.330 e. The normalized spacial score (nSPS) is 19.7. The summed E-state index contributed by atoms with van der Waals surface area (Å²) in [5, 5.41) is 2.56. The van der Waals surface area contributed by atoms with E-state index in [4.69, 9.17) is 0 Å². The van der Waals surface area contributed by atoms with E-state index in [1.807, 2.05) is 13.8 Å². The minimum atomic E-state index is -0.774. The molecule has 2 nitrogen and oxygen atoms in total. The quantitative estimate of drug-likeness (QED) is 0.869. The Balaban J connectivity index is 2.47. The summed E-state index contributed by atoms with van der Waals surface area (Å²) in [5.74, 6) is -2.46. The van der Waals surface area contributed by atoms with Gasteiger partial charge >= 0.3 is 0 Å². The zero-order valence-corrected chi connectivity index (χ0v) is 11.1. The van der Waals surface area contributed by atoms with Crippen LogP contribution in [0.5, 0.6) is 0 Å². The van der Waals surface area contributed by atoms with Crippen molar-refractivity contribution in [1.29, 1.82) is 0 Å². The minimum Gasteiger partial charge on any atom is -0.330 e. The van der Waals surface area contributed by atoms with Crippen molar-refractivity contribution in [2.75, 3.05) is 0 Å². The lowest BCUT2D eigenvalue weighted by molar-refractivity contribution is -0.123. The van der Waals surface area contributed by atoms with Crippen LogP contribution in [-0.2, 0) is 4.79 Å². The highest BCUT2D eigenvalue weighted by Crippen LogP contribution is 2.33. The molecular formula is C15H17F2NO. The first-order chi connectivity index (χ1) is 8.91. The lowest BCUT2D eigenvalue weighted by atomic mass is 9.86. The van der Waals surface area contributed by atoms with Gasteiger partial charge in [0.25, 0.3) is 0 Å². The molecule has 19 heavy (non-hydrogen) atoms. The molecule has 1 aromatic rings. The second kappa shape index (κ2) is 5.11. The van der Waals surface area contributed by atoms with E-state index in [1.165, 1.54) is 12.1 Å². The van der Waals surface area contributed by atoms with E-state index in [9.17, 15) is 13.6 Å². The highest BCUT2D eigenvalue weighted by atomic mass is 19.1. The Bertz CT molecular complexity index is 537. The lowest BCUT2D eigenvalue weighted by Gasteiger charge is -2.25. The molecule has 102 valence electrons. The van der Waals surface area contributed by atoms with Crippen molar-refractivity contribution in [3.8, 4) is 0 Å². The van der Waals surface area contributed by atoms with E-state index >= 15 is 0 Å². The molecule has 0 aliphatic carbocycles. The summed E-state index contributed by atoms with van der Waals surface area (Å²) in [6.45, 7) is 7.34. The molecule has 1 aromatic carbocycles. The van der Waals surface area contributed by atoms with Crippen molar-refractivity contribution in [3.05, 3.63) is 47.2 Å². The lowest BCUT2D eigenvalue weighted by Crippen LogP contribution is -2.34. The third-order valence-electron chi connectivity index (χ3n) is 3.48. The number of carbonyl (C=O) groups excluding carboxylic acids is 1. The monoisotopic (exact) mass is 265 g/mol. The average molecular weight is 265 g/mol. The maximum Gasteiger partial charge on any atom is 0.231 e. The third-order valence-corrected chi connectivity index (χ3v) is 3.48. The van der Waals surface area contributed by atoms with Crippen LogP contribution in [0.15, 0.2) is 24.4 Å². The van der Waals surface area contributed by atoms with E-state index in [-0.39, 0.29) is 17.4 Å². The summed E-state index contributed by atoms with van der Waals surface area (Å²) in [4.78, 5) is 11.9. The van der Waals surface area contributed by atoms with Crippen LogP contribution in [0.25, 0.3) is 0 Å². The van der Waals surface area contributed by atoms with E-state index in [1.54, 1.807) is 0 Å². The van der Waals surface area contributed by atoms with Crippen LogP contribution >= 0.6 is 0 Å². The summed E-state index contributed by atoms with van der Waals surface area (Å²) < 4.78 is 28.3. The van der Waals surface area contributed by atoms with Crippen molar-refractivity contribution in [1.82, 2.24) is 5.32 Å². The van der Waals surface area contributed by atoms with Crippen LogP contribution in [0.2, 0.25) is 0 Å². The fraction of sp³-hybridized carbons (Fsp3) is 0.400. The molecule has 1 N–H and O–H groups in total. The Labute approximate surface area is 111 Å². The Morgan fingerprint density at radius 1 is 1.37 bits per heavy atom. The van der Waals surface area contributed by atoms with E-state index in [0.29, 0.717) is 24.1 Å². The van der Waals surface area contributed by atoms with Gasteiger partial charge in [-0.1, -0.05) is 26.5 Å². The first-order valence-electron chi connectivity index (χ1n) is 6.38. The smallest absolute Gasteiger partial charge is 0.231 e. The summed E-state index contributed by atoms with van der Waals surface area (Å²) in [6, 6.07) is 2.68. The van der Waals surface area contributed by atoms with Gasteiger partial charge in [-0.25, -0.2) is 8.78 Å². The molecule has 0 saturated carbocycles. The molecule has 0 aromatic heterocycles. The van der Waals surface area contributed by atoms with Gasteiger partial charge in [0.2, 0.25) is 5.91 Å². The second-order valence-corrected chi connectivity index (χ2v) is 5.20. The van der Waals surface area contributed by atoms with Crippen LogP contribution in [0.4, 0.5) is 8.78 Å². The molecule has 1 aliphatic rings. The minimum absolute atomic E-state index is 0.0547. The van der Waals surface area contributed by atoms with Gasteiger partial charge < -0.3 is 5.32 Å². The molecule has 1 heterocycles. The van der Waals surface area contributed by atoms with Gasteiger partial charge in [-0.2, -0.15) is 0 Å². The Morgan fingerprint density at radius 2 is 2.05 bits per heavy atom. The van der Waals surface area contributed by atoms with Crippen LogP contribution in [0, 0.1) is 11.6 Å². The van der Waals surface area contributed by atoms with Crippen molar-refractivity contribution < 1.29 is 13.6 Å². The van der Waals surface area contributed by atoms with Gasteiger partial charge in [0.15, 0.2) is 0 Å². The van der Waals surface area contributed by atoms with Gasteiger partial charge in [0.1, 0.15) is 11.6 Å². The fourth-order valence-electron chi connectivity index (χ4n) is 2.40. The van der Waals surface area contributed by atoms with Crippen molar-refractivity contribution >= 4 is 5.91 Å². The number of carbonyl (C=O) groups is 1. The molecule has 1 atom stereocenters. The first kappa shape index (κ1) is 13.7. The molecule has 0 radical (unpaired) electrons. The number of allylic oxidation sites excluding steroid dienone is 1. The van der Waals surface area contributed by atoms with Crippen molar-refractivity contribution in [3.63, 3.8) is 0 Å². The highest BCUT2D eigenvalue weighted by Gasteiger charge is 2.31. The highest BCUT2D eigenvalue weighted by molar-refractivity contribution is 5.86. The number of halogens is 2. The number of nitrogens with one attached hydrogen (secondary N) is 1. The SMILES string of the molecule is C=C1CCC(c2c(F)ccc(C(C)C)c2F)C(=O)N1. The molecule has 4 heteroatoms. The standard InChI is InChI=1S/C15H17F2NO/c1-8(2)10-6-7-12(16)13(14(10)17)11-5-4-9(3)18-15(11)19/h6-8,11H,3-5H2,1-2H3,(H,18,19). The van der Waals surface area contributed by atoms with Gasteiger partial charge in [-0.15, -0.1) is 0 Å². The van der Waals surface area contributed by atoms with Gasteiger partial charge in [-0.05, 0) is 30.4 Å². The average Bonchev–Trinajstić information content (AvgIpc) is 2.31. The molecule has 1 fully saturated rings. The number of hydrogen-bond acceptors (Lipinski definition) is 1. The topological polar surface area (TPSA) is 29.1 Å². The maximum absolute atomic E-state index is 14.4. The van der Waals surface area contributed by atoms with Crippen LogP contribution in [-0.4, -0.2) is 5.91 Å². The number of rotatable bonds is 2. The fourth-order valence-corrected chi connectivity index (χ4v) is 2.40. The molecule has 0 bridgehead atoms. The van der Waals surface area contributed by atoms with Gasteiger partial charge in [0, 0.05) is 11.3 Å². The van der Waals surface area contributed by atoms with Crippen molar-refractivity contribution in [2.24, 2.45) is 0 Å². The van der Waals surface area contributed by atoms with Gasteiger partial charge in [-0.3, -0.25) is 4.79 Å². The zero-order chi connectivity index (χ0) is 14.2. The number of piperidine rings is 1. The maximum atomic E-state index is 14.4. The first-order valence-corrected chi connectivity index (χ1v) is 6.38. The molecule has 1 aliphatic heterocycles. The Morgan fingerprint density at radius 3 is 2.63 bits per heavy atom. The third kappa shape index (κ3) is 2.53. The predicted molar refractivity (Wildman–Crippen MR) is 69.7 cm³/mol. The number of hydrogen-bond donors (Lipinski definition) is 1. The van der Waals surface area contributed by atoms with E-state index < -0.39 is 17.6 Å². The molecule has 1 saturated heterocycles. The summed E-state index contributed by atoms with van der Waals surface area (Å²) in [5.41, 5.74) is 0.923. The molecular weight excluding hydrogens is 248 g/mol. The summed E-state index contributed by atoms with van der Waals surface area (Å²) in [6.07, 6.45) is 0.932. The van der Waals surface area contributed by atoms with Crippen LogP contribution < -0.4 is 5.32 Å². The van der Waals surface area contributed by atoms with E-state index in [0.717, 1.165) is 0 Å². The van der Waals surface area contributed by atoms with Gasteiger partial charge in [0.05, 0.1) is 5.92 Å². The van der Waals surface area contributed by atoms with Crippen molar-refractivity contribution in [2.45, 2.75) is 38.5 Å². The zero-order valence-electron chi connectivity index (χ0n) is 11.1. The molecule has 1 unspecified atom stereocenters. The summed E-state index contributed by atoms with van der Waals surface area (Å²) in [7, 11) is 0. The molecule has 2 rings (SSSR count). The summed E-state index contributed by atoms with van der Waals surface area (Å²) >= 11 is 0.